The predicted molar refractivity (Wildman–Crippen MR) is 87.8 cm³/mol. The number of hydrogen-bond donors (Lipinski definition) is 0. The highest BCUT2D eigenvalue weighted by molar-refractivity contribution is 7.99. The Hall–Kier alpha value is -2.15. The number of benzene rings is 1. The van der Waals surface area contributed by atoms with Gasteiger partial charge in [0.2, 0.25) is 11.1 Å². The average molecular weight is 315 g/mol. The lowest BCUT2D eigenvalue weighted by molar-refractivity contribution is -0.128. The van der Waals surface area contributed by atoms with Crippen molar-refractivity contribution in [1.82, 2.24) is 24.6 Å². The highest BCUT2D eigenvalue weighted by atomic mass is 32.2. The molecule has 1 aromatic carbocycles. The third-order valence-corrected chi connectivity index (χ3v) is 4.37. The largest absolute Gasteiger partial charge is 0.349 e. The van der Waals surface area contributed by atoms with Crippen LogP contribution in [-0.2, 0) is 11.8 Å². The molecule has 0 radical (unpaired) electrons. The number of aryl methyl sites for hydroxylation is 1. The fourth-order valence-electron chi connectivity index (χ4n) is 2.31. The van der Waals surface area contributed by atoms with Crippen molar-refractivity contribution in [3.05, 3.63) is 24.3 Å². The molecule has 0 aliphatic carbocycles. The number of amides is 1. The van der Waals surface area contributed by atoms with Crippen LogP contribution in [0.1, 0.15) is 6.42 Å². The van der Waals surface area contributed by atoms with E-state index in [1.54, 1.807) is 19.0 Å². The summed E-state index contributed by atoms with van der Waals surface area (Å²) in [5, 5.41) is 10.1. The molecule has 3 aromatic rings. The van der Waals surface area contributed by atoms with Gasteiger partial charge in [0.05, 0.1) is 5.52 Å². The number of rotatable bonds is 4. The molecular formula is C15H17N5OS. The molecular weight excluding hydrogens is 298 g/mol. The molecule has 0 saturated carbocycles. The zero-order valence-corrected chi connectivity index (χ0v) is 13.6. The predicted octanol–water partition coefficient (Wildman–Crippen LogP) is 2.09. The molecule has 0 aliphatic rings. The van der Waals surface area contributed by atoms with Crippen LogP contribution in [0.2, 0.25) is 0 Å². The van der Waals surface area contributed by atoms with Gasteiger partial charge >= 0.3 is 0 Å². The van der Waals surface area contributed by atoms with E-state index in [1.807, 2.05) is 35.9 Å². The zero-order chi connectivity index (χ0) is 15.7. The molecule has 0 saturated heterocycles. The molecule has 2 heterocycles. The molecule has 1 amide bonds. The summed E-state index contributed by atoms with van der Waals surface area (Å²) >= 11 is 1.45. The fraction of sp³-hybridized carbons (Fsp3) is 0.333. The number of thioether (sulfide) groups is 1. The minimum absolute atomic E-state index is 0.103. The SMILES string of the molecule is CN(C)C(=O)CCSc1nnc2c3ccccc3n(C)c2n1. The fourth-order valence-corrected chi connectivity index (χ4v) is 3.02. The second-order valence-corrected chi connectivity index (χ2v) is 6.29. The first kappa shape index (κ1) is 14.8. The van der Waals surface area contributed by atoms with E-state index in [9.17, 15) is 4.79 Å². The number of carbonyl (C=O) groups is 1. The van der Waals surface area contributed by atoms with Crippen LogP contribution in [0.4, 0.5) is 0 Å². The summed E-state index contributed by atoms with van der Waals surface area (Å²) < 4.78 is 2.02. The number of fused-ring (bicyclic) bond motifs is 3. The molecule has 0 spiro atoms. The van der Waals surface area contributed by atoms with E-state index in [0.717, 1.165) is 22.1 Å². The number of carbonyl (C=O) groups excluding carboxylic acids is 1. The van der Waals surface area contributed by atoms with Crippen LogP contribution in [0.25, 0.3) is 22.1 Å². The lowest BCUT2D eigenvalue weighted by Crippen LogP contribution is -2.21. The number of para-hydroxylation sites is 1. The number of aromatic nitrogens is 4. The Morgan fingerprint density at radius 3 is 2.82 bits per heavy atom. The minimum Gasteiger partial charge on any atom is -0.349 e. The van der Waals surface area contributed by atoms with Gasteiger partial charge in [0.1, 0.15) is 5.52 Å². The standard InChI is InChI=1S/C15H17N5OS/c1-19(2)12(21)8-9-22-15-16-14-13(17-18-15)10-6-4-5-7-11(10)20(14)3/h4-7H,8-9H2,1-3H3. The van der Waals surface area contributed by atoms with Crippen molar-refractivity contribution in [2.45, 2.75) is 11.6 Å². The number of nitrogens with zero attached hydrogens (tertiary/aromatic N) is 5. The Balaban J connectivity index is 1.86. The molecule has 22 heavy (non-hydrogen) atoms. The molecule has 7 heteroatoms. The van der Waals surface area contributed by atoms with Gasteiger partial charge in [0.25, 0.3) is 0 Å². The Kier molecular flexibility index (Phi) is 3.98. The van der Waals surface area contributed by atoms with E-state index in [2.05, 4.69) is 15.2 Å². The quantitative estimate of drug-likeness (QED) is 0.690. The summed E-state index contributed by atoms with van der Waals surface area (Å²) in [5.74, 6) is 0.750. The first-order valence-corrected chi connectivity index (χ1v) is 7.97. The van der Waals surface area contributed by atoms with Crippen LogP contribution in [-0.4, -0.2) is 50.4 Å². The summed E-state index contributed by atoms with van der Waals surface area (Å²) in [4.78, 5) is 17.7. The molecule has 2 aromatic heterocycles. The lowest BCUT2D eigenvalue weighted by Gasteiger charge is -2.08. The van der Waals surface area contributed by atoms with Gasteiger partial charge in [-0.1, -0.05) is 30.0 Å². The highest BCUT2D eigenvalue weighted by Gasteiger charge is 2.12. The van der Waals surface area contributed by atoms with Gasteiger partial charge in [0, 0.05) is 38.7 Å². The van der Waals surface area contributed by atoms with Gasteiger partial charge in [0.15, 0.2) is 5.65 Å². The van der Waals surface area contributed by atoms with Crippen molar-refractivity contribution in [3.8, 4) is 0 Å². The molecule has 3 rings (SSSR count). The van der Waals surface area contributed by atoms with Gasteiger partial charge in [-0.2, -0.15) is 0 Å². The van der Waals surface area contributed by atoms with Crippen LogP contribution in [0.15, 0.2) is 29.4 Å². The van der Waals surface area contributed by atoms with Crippen LogP contribution in [0, 0.1) is 0 Å². The highest BCUT2D eigenvalue weighted by Crippen LogP contribution is 2.25. The van der Waals surface area contributed by atoms with E-state index in [0.29, 0.717) is 17.3 Å². The van der Waals surface area contributed by atoms with Gasteiger partial charge in [-0.05, 0) is 6.07 Å². The lowest BCUT2D eigenvalue weighted by atomic mass is 10.2. The number of hydrogen-bond acceptors (Lipinski definition) is 5. The summed E-state index contributed by atoms with van der Waals surface area (Å²) in [5.41, 5.74) is 2.72. The molecule has 0 bridgehead atoms. The monoisotopic (exact) mass is 315 g/mol. The van der Waals surface area contributed by atoms with E-state index >= 15 is 0 Å². The van der Waals surface area contributed by atoms with Crippen LogP contribution in [0.5, 0.6) is 0 Å². The molecule has 0 atom stereocenters. The molecule has 0 unspecified atom stereocenters. The summed E-state index contributed by atoms with van der Waals surface area (Å²) in [7, 11) is 5.49. The van der Waals surface area contributed by atoms with Crippen molar-refractivity contribution in [1.29, 1.82) is 0 Å². The maximum absolute atomic E-state index is 11.6. The van der Waals surface area contributed by atoms with Gasteiger partial charge in [-0.3, -0.25) is 4.79 Å². The average Bonchev–Trinajstić information content (AvgIpc) is 2.80. The molecule has 6 nitrogen and oxygen atoms in total. The Bertz CT molecular complexity index is 842. The minimum atomic E-state index is 0.103. The van der Waals surface area contributed by atoms with E-state index in [4.69, 9.17) is 0 Å². The van der Waals surface area contributed by atoms with Crippen LogP contribution < -0.4 is 0 Å². The van der Waals surface area contributed by atoms with E-state index in [1.165, 1.54) is 11.8 Å². The Morgan fingerprint density at radius 1 is 1.27 bits per heavy atom. The van der Waals surface area contributed by atoms with Gasteiger partial charge in [-0.25, -0.2) is 4.98 Å². The first-order valence-electron chi connectivity index (χ1n) is 6.98. The van der Waals surface area contributed by atoms with Crippen molar-refractivity contribution >= 4 is 39.7 Å². The molecule has 0 fully saturated rings. The topological polar surface area (TPSA) is 63.9 Å². The molecule has 114 valence electrons. The van der Waals surface area contributed by atoms with Crippen molar-refractivity contribution < 1.29 is 4.79 Å². The van der Waals surface area contributed by atoms with Crippen LogP contribution >= 0.6 is 11.8 Å². The van der Waals surface area contributed by atoms with E-state index < -0.39 is 0 Å². The Labute approximate surface area is 132 Å². The maximum atomic E-state index is 11.6. The summed E-state index contributed by atoms with van der Waals surface area (Å²) in [6, 6.07) is 8.05. The maximum Gasteiger partial charge on any atom is 0.222 e. The first-order chi connectivity index (χ1) is 10.6. The zero-order valence-electron chi connectivity index (χ0n) is 12.8. The van der Waals surface area contributed by atoms with Crippen LogP contribution in [0.3, 0.4) is 0 Å². The summed E-state index contributed by atoms with van der Waals surface area (Å²) in [6.45, 7) is 0. The Morgan fingerprint density at radius 2 is 2.05 bits per heavy atom. The summed E-state index contributed by atoms with van der Waals surface area (Å²) in [6.07, 6.45) is 0.466. The van der Waals surface area contributed by atoms with Gasteiger partial charge < -0.3 is 9.47 Å². The van der Waals surface area contributed by atoms with Crippen molar-refractivity contribution in [2.24, 2.45) is 7.05 Å². The second-order valence-electron chi connectivity index (χ2n) is 5.23. The molecule has 0 aliphatic heterocycles. The molecule has 0 N–H and O–H groups in total. The third kappa shape index (κ3) is 2.64. The van der Waals surface area contributed by atoms with Crippen molar-refractivity contribution in [3.63, 3.8) is 0 Å². The van der Waals surface area contributed by atoms with E-state index in [-0.39, 0.29) is 5.91 Å². The van der Waals surface area contributed by atoms with Gasteiger partial charge in [-0.15, -0.1) is 10.2 Å². The smallest absolute Gasteiger partial charge is 0.222 e. The van der Waals surface area contributed by atoms with Crippen molar-refractivity contribution in [2.75, 3.05) is 19.8 Å². The second kappa shape index (κ2) is 5.92. The normalized spacial score (nSPS) is 11.2. The third-order valence-electron chi connectivity index (χ3n) is 3.53.